The standard InChI is InChI=1S/C18H28BrN5O.HI/c1-18(2,16(25)20-3)12-22-17(21-4)23-14-9-10-24(11-14)15-7-5-13(19)6-8-15;/h5-8,14H,9-12H2,1-4H3,(H,20,25)(H2,21,22,23);1H. The lowest BCUT2D eigenvalue weighted by Crippen LogP contribution is -2.50. The zero-order chi connectivity index (χ0) is 18.4. The molecule has 2 rings (SSSR count). The molecule has 1 aromatic rings. The third-order valence-electron chi connectivity index (χ3n) is 4.48. The van der Waals surface area contributed by atoms with Gasteiger partial charge in [-0.15, -0.1) is 24.0 Å². The monoisotopic (exact) mass is 537 g/mol. The van der Waals surface area contributed by atoms with Crippen molar-refractivity contribution in [2.24, 2.45) is 10.4 Å². The average Bonchev–Trinajstić information content (AvgIpc) is 3.06. The molecule has 26 heavy (non-hydrogen) atoms. The molecule has 6 nitrogen and oxygen atoms in total. The second-order valence-corrected chi connectivity index (χ2v) is 7.86. The van der Waals surface area contributed by atoms with Crippen LogP contribution in [0.1, 0.15) is 20.3 Å². The van der Waals surface area contributed by atoms with Gasteiger partial charge in [0.05, 0.1) is 5.41 Å². The third-order valence-corrected chi connectivity index (χ3v) is 5.01. The number of anilines is 1. The molecule has 0 spiro atoms. The van der Waals surface area contributed by atoms with Gasteiger partial charge in [-0.2, -0.15) is 0 Å². The maximum Gasteiger partial charge on any atom is 0.227 e. The van der Waals surface area contributed by atoms with Crippen molar-refractivity contribution in [2.45, 2.75) is 26.3 Å². The molecular formula is C18H29BrIN5O. The zero-order valence-electron chi connectivity index (χ0n) is 15.8. The maximum atomic E-state index is 11.9. The van der Waals surface area contributed by atoms with E-state index in [4.69, 9.17) is 0 Å². The summed E-state index contributed by atoms with van der Waals surface area (Å²) in [7, 11) is 3.41. The first-order valence-electron chi connectivity index (χ1n) is 8.55. The Hall–Kier alpha value is -1.03. The highest BCUT2D eigenvalue weighted by molar-refractivity contribution is 14.0. The van der Waals surface area contributed by atoms with Gasteiger partial charge in [0.25, 0.3) is 0 Å². The average molecular weight is 538 g/mol. The minimum Gasteiger partial charge on any atom is -0.369 e. The first-order valence-corrected chi connectivity index (χ1v) is 9.35. The van der Waals surface area contributed by atoms with E-state index in [0.717, 1.165) is 29.9 Å². The van der Waals surface area contributed by atoms with Crippen molar-refractivity contribution in [1.82, 2.24) is 16.0 Å². The lowest BCUT2D eigenvalue weighted by atomic mass is 9.92. The van der Waals surface area contributed by atoms with Crippen molar-refractivity contribution in [2.75, 3.05) is 38.6 Å². The van der Waals surface area contributed by atoms with Gasteiger partial charge in [0, 0.05) is 49.9 Å². The SMILES string of the molecule is CN=C(NCC(C)(C)C(=O)NC)NC1CCN(c2ccc(Br)cc2)C1.I. The molecule has 1 saturated heterocycles. The molecular weight excluding hydrogens is 509 g/mol. The normalized spacial score (nSPS) is 17.5. The fourth-order valence-electron chi connectivity index (χ4n) is 2.88. The number of carbonyl (C=O) groups is 1. The molecule has 0 bridgehead atoms. The van der Waals surface area contributed by atoms with Gasteiger partial charge in [-0.05, 0) is 44.5 Å². The number of benzene rings is 1. The molecule has 1 aliphatic rings. The Morgan fingerprint density at radius 3 is 2.58 bits per heavy atom. The van der Waals surface area contributed by atoms with Crippen LogP contribution >= 0.6 is 39.9 Å². The maximum absolute atomic E-state index is 11.9. The highest BCUT2D eigenvalue weighted by Gasteiger charge is 2.28. The van der Waals surface area contributed by atoms with Crippen LogP contribution in [0.4, 0.5) is 5.69 Å². The quantitative estimate of drug-likeness (QED) is 0.307. The number of nitrogens with zero attached hydrogens (tertiary/aromatic N) is 2. The summed E-state index contributed by atoms with van der Waals surface area (Å²) in [6.07, 6.45) is 1.05. The number of aliphatic imine (C=N–C) groups is 1. The van der Waals surface area contributed by atoms with E-state index in [1.807, 2.05) is 13.8 Å². The van der Waals surface area contributed by atoms with Gasteiger partial charge < -0.3 is 20.9 Å². The summed E-state index contributed by atoms with van der Waals surface area (Å²) in [6, 6.07) is 8.73. The number of amides is 1. The van der Waals surface area contributed by atoms with E-state index in [1.54, 1.807) is 14.1 Å². The van der Waals surface area contributed by atoms with Crippen LogP contribution < -0.4 is 20.9 Å². The molecule has 8 heteroatoms. The van der Waals surface area contributed by atoms with Crippen LogP contribution in [0.5, 0.6) is 0 Å². The molecule has 1 heterocycles. The molecule has 1 atom stereocenters. The number of halogens is 2. The van der Waals surface area contributed by atoms with Gasteiger partial charge in [0.2, 0.25) is 5.91 Å². The van der Waals surface area contributed by atoms with Crippen LogP contribution in [0.3, 0.4) is 0 Å². The smallest absolute Gasteiger partial charge is 0.227 e. The van der Waals surface area contributed by atoms with Crippen LogP contribution in [-0.4, -0.2) is 51.6 Å². The summed E-state index contributed by atoms with van der Waals surface area (Å²) in [5.41, 5.74) is 0.738. The van der Waals surface area contributed by atoms with E-state index in [9.17, 15) is 4.79 Å². The van der Waals surface area contributed by atoms with E-state index in [0.29, 0.717) is 12.6 Å². The Balaban J connectivity index is 0.00000338. The summed E-state index contributed by atoms with van der Waals surface area (Å²) in [4.78, 5) is 18.5. The van der Waals surface area contributed by atoms with Crippen LogP contribution in [-0.2, 0) is 4.79 Å². The van der Waals surface area contributed by atoms with E-state index in [1.165, 1.54) is 5.69 Å². The van der Waals surface area contributed by atoms with Gasteiger partial charge >= 0.3 is 0 Å². The second-order valence-electron chi connectivity index (χ2n) is 6.94. The van der Waals surface area contributed by atoms with Crippen LogP contribution in [0, 0.1) is 5.41 Å². The molecule has 0 aromatic heterocycles. The van der Waals surface area contributed by atoms with Crippen molar-refractivity contribution >= 4 is 57.5 Å². The fourth-order valence-corrected chi connectivity index (χ4v) is 3.14. The van der Waals surface area contributed by atoms with Crippen molar-refractivity contribution in [3.63, 3.8) is 0 Å². The summed E-state index contributed by atoms with van der Waals surface area (Å²) in [5, 5.41) is 9.43. The predicted octanol–water partition coefficient (Wildman–Crippen LogP) is 2.58. The predicted molar refractivity (Wildman–Crippen MR) is 123 cm³/mol. The molecule has 0 radical (unpaired) electrons. The van der Waals surface area contributed by atoms with Gasteiger partial charge in [0.1, 0.15) is 0 Å². The Morgan fingerprint density at radius 1 is 1.35 bits per heavy atom. The number of rotatable bonds is 5. The number of carbonyl (C=O) groups excluding carboxylic acids is 1. The number of hydrogen-bond donors (Lipinski definition) is 3. The van der Waals surface area contributed by atoms with Crippen LogP contribution in [0.15, 0.2) is 33.7 Å². The lowest BCUT2D eigenvalue weighted by Gasteiger charge is -2.25. The van der Waals surface area contributed by atoms with Gasteiger partial charge in [-0.1, -0.05) is 15.9 Å². The van der Waals surface area contributed by atoms with E-state index in [2.05, 4.69) is 66.0 Å². The molecule has 0 aliphatic carbocycles. The fraction of sp³-hybridized carbons (Fsp3) is 0.556. The van der Waals surface area contributed by atoms with Crippen LogP contribution in [0.25, 0.3) is 0 Å². The largest absolute Gasteiger partial charge is 0.369 e. The lowest BCUT2D eigenvalue weighted by molar-refractivity contribution is -0.128. The highest BCUT2D eigenvalue weighted by atomic mass is 127. The highest BCUT2D eigenvalue weighted by Crippen LogP contribution is 2.22. The Bertz CT molecular complexity index is 621. The third kappa shape index (κ3) is 6.29. The van der Waals surface area contributed by atoms with Crippen LogP contribution in [0.2, 0.25) is 0 Å². The summed E-state index contributed by atoms with van der Waals surface area (Å²) >= 11 is 3.47. The number of guanidine groups is 1. The van der Waals surface area contributed by atoms with Crippen molar-refractivity contribution in [3.05, 3.63) is 28.7 Å². The Labute approximate surface area is 181 Å². The van der Waals surface area contributed by atoms with Crippen molar-refractivity contribution < 1.29 is 4.79 Å². The van der Waals surface area contributed by atoms with Crippen molar-refractivity contribution in [3.8, 4) is 0 Å². The second kappa shape index (κ2) is 10.3. The van der Waals surface area contributed by atoms with Crippen molar-refractivity contribution in [1.29, 1.82) is 0 Å². The molecule has 1 amide bonds. The van der Waals surface area contributed by atoms with E-state index < -0.39 is 5.41 Å². The minimum atomic E-state index is -0.495. The molecule has 1 aromatic carbocycles. The molecule has 1 aliphatic heterocycles. The number of nitrogens with one attached hydrogen (secondary N) is 3. The first-order chi connectivity index (χ1) is 11.9. The minimum absolute atomic E-state index is 0. The number of hydrogen-bond acceptors (Lipinski definition) is 3. The molecule has 1 unspecified atom stereocenters. The topological polar surface area (TPSA) is 68.8 Å². The molecule has 3 N–H and O–H groups in total. The summed E-state index contributed by atoms with van der Waals surface area (Å²) in [6.45, 7) is 6.30. The summed E-state index contributed by atoms with van der Waals surface area (Å²) in [5.74, 6) is 0.748. The first kappa shape index (κ1) is 23.0. The molecule has 146 valence electrons. The van der Waals surface area contributed by atoms with E-state index >= 15 is 0 Å². The van der Waals surface area contributed by atoms with Gasteiger partial charge in [-0.3, -0.25) is 9.79 Å². The van der Waals surface area contributed by atoms with E-state index in [-0.39, 0.29) is 29.9 Å². The zero-order valence-corrected chi connectivity index (χ0v) is 19.7. The Morgan fingerprint density at radius 2 is 2.00 bits per heavy atom. The Kier molecular flexibility index (Phi) is 9.15. The van der Waals surface area contributed by atoms with Gasteiger partial charge in [-0.25, -0.2) is 0 Å². The summed E-state index contributed by atoms with van der Waals surface area (Å²) < 4.78 is 1.09. The molecule has 1 fully saturated rings. The molecule has 0 saturated carbocycles. The van der Waals surface area contributed by atoms with Gasteiger partial charge in [0.15, 0.2) is 5.96 Å².